The van der Waals surface area contributed by atoms with Gasteiger partial charge in [0.25, 0.3) is 0 Å². The van der Waals surface area contributed by atoms with Crippen LogP contribution in [0.1, 0.15) is 13.2 Å². The second-order valence-electron chi connectivity index (χ2n) is 4.31. The molecule has 0 saturated carbocycles. The third-order valence-corrected chi connectivity index (χ3v) is 3.03. The average Bonchev–Trinajstić information content (AvgIpc) is 2.34. The standard InChI is InChI=1S/C10H16FN3O6/c1-9(20-2,10(17,18)19)6(15)7(11)14-4-3-5(12)13-8(14)16/h3-4,6-7,15,17-19H,1-2H3,(H2,12,13,16)/t6-,7-,9?/m0/s1. The SMILES string of the molecule is COC(C)([C@@H](O)[C@@H](F)n1ccc(N)nc1=O)C(O)(O)O. The zero-order valence-corrected chi connectivity index (χ0v) is 10.8. The number of halogens is 1. The Balaban J connectivity index is 3.19. The number of ether oxygens (including phenoxy) is 1. The van der Waals surface area contributed by atoms with Crippen molar-refractivity contribution in [2.24, 2.45) is 0 Å². The van der Waals surface area contributed by atoms with Crippen molar-refractivity contribution in [1.82, 2.24) is 9.55 Å². The molecule has 1 heterocycles. The summed E-state index contributed by atoms with van der Waals surface area (Å²) in [5, 5.41) is 37.3. The summed E-state index contributed by atoms with van der Waals surface area (Å²) >= 11 is 0. The van der Waals surface area contributed by atoms with Crippen molar-refractivity contribution in [2.45, 2.75) is 30.9 Å². The van der Waals surface area contributed by atoms with Crippen LogP contribution in [0.25, 0.3) is 0 Å². The lowest BCUT2D eigenvalue weighted by Gasteiger charge is -2.40. The molecule has 6 N–H and O–H groups in total. The summed E-state index contributed by atoms with van der Waals surface area (Å²) in [7, 11) is 0.914. The van der Waals surface area contributed by atoms with Crippen molar-refractivity contribution >= 4 is 5.82 Å². The Bertz CT molecular complexity index is 530. The Morgan fingerprint density at radius 2 is 2.05 bits per heavy atom. The molecule has 20 heavy (non-hydrogen) atoms. The highest BCUT2D eigenvalue weighted by Crippen LogP contribution is 2.31. The van der Waals surface area contributed by atoms with E-state index in [2.05, 4.69) is 9.72 Å². The van der Waals surface area contributed by atoms with Crippen LogP contribution in [0.4, 0.5) is 10.2 Å². The highest BCUT2D eigenvalue weighted by atomic mass is 19.1. The summed E-state index contributed by atoms with van der Waals surface area (Å²) in [5.74, 6) is -3.70. The fourth-order valence-electron chi connectivity index (χ4n) is 1.48. The van der Waals surface area contributed by atoms with Crippen molar-refractivity contribution in [3.05, 3.63) is 22.7 Å². The molecule has 0 aliphatic rings. The number of nitrogen functional groups attached to an aromatic ring is 1. The second-order valence-corrected chi connectivity index (χ2v) is 4.31. The van der Waals surface area contributed by atoms with E-state index in [1.54, 1.807) is 0 Å². The molecule has 0 aromatic carbocycles. The van der Waals surface area contributed by atoms with Gasteiger partial charge in [0.1, 0.15) is 11.9 Å². The largest absolute Gasteiger partial charge is 0.385 e. The van der Waals surface area contributed by atoms with Gasteiger partial charge in [-0.05, 0) is 13.0 Å². The zero-order chi connectivity index (χ0) is 15.7. The van der Waals surface area contributed by atoms with Gasteiger partial charge in [-0.3, -0.25) is 4.57 Å². The van der Waals surface area contributed by atoms with Gasteiger partial charge < -0.3 is 30.9 Å². The maximum atomic E-state index is 14.2. The molecule has 0 fully saturated rings. The van der Waals surface area contributed by atoms with Crippen molar-refractivity contribution in [1.29, 1.82) is 0 Å². The van der Waals surface area contributed by atoms with Crippen LogP contribution in [0, 0.1) is 0 Å². The van der Waals surface area contributed by atoms with E-state index in [1.807, 2.05) is 0 Å². The van der Waals surface area contributed by atoms with Gasteiger partial charge >= 0.3 is 11.7 Å². The van der Waals surface area contributed by atoms with Crippen LogP contribution in [0.5, 0.6) is 0 Å². The van der Waals surface area contributed by atoms with E-state index in [0.29, 0.717) is 4.57 Å². The van der Waals surface area contributed by atoms with E-state index in [0.717, 1.165) is 26.3 Å². The summed E-state index contributed by atoms with van der Waals surface area (Å²) in [6.07, 6.45) is -3.84. The fourth-order valence-corrected chi connectivity index (χ4v) is 1.48. The van der Waals surface area contributed by atoms with Crippen LogP contribution >= 0.6 is 0 Å². The minimum atomic E-state index is -3.55. The van der Waals surface area contributed by atoms with Gasteiger partial charge in [0, 0.05) is 13.3 Å². The molecule has 0 saturated heterocycles. The molecule has 1 aromatic rings. The minimum absolute atomic E-state index is 0.150. The van der Waals surface area contributed by atoms with Gasteiger partial charge in [-0.2, -0.15) is 4.98 Å². The Kier molecular flexibility index (Phi) is 4.46. The lowest BCUT2D eigenvalue weighted by Crippen LogP contribution is -2.62. The second kappa shape index (κ2) is 5.42. The van der Waals surface area contributed by atoms with Crippen LogP contribution in [0.15, 0.2) is 17.1 Å². The number of alkyl halides is 1. The summed E-state index contributed by atoms with van der Waals surface area (Å²) < 4.78 is 19.1. The van der Waals surface area contributed by atoms with Gasteiger partial charge in [0.2, 0.25) is 6.30 Å². The van der Waals surface area contributed by atoms with Crippen molar-refractivity contribution in [3.63, 3.8) is 0 Å². The number of aliphatic hydroxyl groups is 4. The molecule has 0 aliphatic carbocycles. The fraction of sp³-hybridized carbons (Fsp3) is 0.600. The average molecular weight is 293 g/mol. The third kappa shape index (κ3) is 2.78. The van der Waals surface area contributed by atoms with Crippen molar-refractivity contribution < 1.29 is 29.6 Å². The van der Waals surface area contributed by atoms with Crippen LogP contribution in [0.3, 0.4) is 0 Å². The van der Waals surface area contributed by atoms with Crippen molar-refractivity contribution in [2.75, 3.05) is 12.8 Å². The Hall–Kier alpha value is -1.59. The first-order chi connectivity index (χ1) is 9.04. The number of anilines is 1. The Labute approximate surface area is 112 Å². The molecule has 3 atom stereocenters. The molecule has 1 rings (SSSR count). The van der Waals surface area contributed by atoms with E-state index >= 15 is 0 Å². The van der Waals surface area contributed by atoms with Gasteiger partial charge in [-0.1, -0.05) is 0 Å². The third-order valence-electron chi connectivity index (χ3n) is 3.03. The first-order valence-electron chi connectivity index (χ1n) is 5.43. The molecule has 1 unspecified atom stereocenters. The van der Waals surface area contributed by atoms with Crippen LogP contribution in [-0.2, 0) is 4.74 Å². The van der Waals surface area contributed by atoms with Crippen LogP contribution in [-0.4, -0.2) is 54.8 Å². The lowest BCUT2D eigenvalue weighted by atomic mass is 9.94. The molecular formula is C10H16FN3O6. The first kappa shape index (κ1) is 16.5. The Morgan fingerprint density at radius 1 is 1.50 bits per heavy atom. The van der Waals surface area contributed by atoms with Crippen molar-refractivity contribution in [3.8, 4) is 0 Å². The molecule has 0 bridgehead atoms. The lowest BCUT2D eigenvalue weighted by molar-refractivity contribution is -0.410. The van der Waals surface area contributed by atoms with Gasteiger partial charge in [-0.25, -0.2) is 9.18 Å². The van der Waals surface area contributed by atoms with E-state index in [1.165, 1.54) is 0 Å². The highest BCUT2D eigenvalue weighted by molar-refractivity contribution is 5.23. The highest BCUT2D eigenvalue weighted by Gasteiger charge is 2.54. The number of methoxy groups -OCH3 is 1. The normalized spacial score (nSPS) is 18.4. The molecule has 114 valence electrons. The molecule has 0 aliphatic heterocycles. The van der Waals surface area contributed by atoms with Gasteiger partial charge in [-0.15, -0.1) is 0 Å². The summed E-state index contributed by atoms with van der Waals surface area (Å²) in [5.41, 5.74) is 1.61. The monoisotopic (exact) mass is 293 g/mol. The molecular weight excluding hydrogens is 277 g/mol. The van der Waals surface area contributed by atoms with E-state index in [9.17, 15) is 14.3 Å². The quantitative estimate of drug-likeness (QED) is 0.380. The molecule has 10 heteroatoms. The molecule has 0 amide bonds. The molecule has 0 spiro atoms. The number of rotatable bonds is 5. The van der Waals surface area contributed by atoms with E-state index in [-0.39, 0.29) is 5.82 Å². The molecule has 0 radical (unpaired) electrons. The molecule has 9 nitrogen and oxygen atoms in total. The topological polar surface area (TPSA) is 151 Å². The number of hydrogen-bond acceptors (Lipinski definition) is 8. The number of hydrogen-bond donors (Lipinski definition) is 5. The zero-order valence-electron chi connectivity index (χ0n) is 10.8. The predicted molar refractivity (Wildman–Crippen MR) is 63.9 cm³/mol. The summed E-state index contributed by atoms with van der Waals surface area (Å²) in [6, 6.07) is 1.11. The minimum Gasteiger partial charge on any atom is -0.385 e. The van der Waals surface area contributed by atoms with Crippen LogP contribution in [0.2, 0.25) is 0 Å². The maximum Gasteiger partial charge on any atom is 0.351 e. The summed E-state index contributed by atoms with van der Waals surface area (Å²) in [6.45, 7) is 0.847. The van der Waals surface area contributed by atoms with E-state index < -0.39 is 29.7 Å². The van der Waals surface area contributed by atoms with Crippen LogP contribution < -0.4 is 11.4 Å². The number of nitrogens with zero attached hydrogens (tertiary/aromatic N) is 2. The van der Waals surface area contributed by atoms with Gasteiger partial charge in [0.15, 0.2) is 5.60 Å². The predicted octanol–water partition coefficient (Wildman–Crippen LogP) is -2.31. The number of nitrogens with two attached hydrogens (primary N) is 1. The summed E-state index contributed by atoms with van der Waals surface area (Å²) in [4.78, 5) is 14.7. The Morgan fingerprint density at radius 3 is 2.45 bits per heavy atom. The van der Waals surface area contributed by atoms with Gasteiger partial charge in [0.05, 0.1) is 0 Å². The maximum absolute atomic E-state index is 14.2. The first-order valence-corrected chi connectivity index (χ1v) is 5.43. The smallest absolute Gasteiger partial charge is 0.351 e. The van der Waals surface area contributed by atoms with E-state index in [4.69, 9.17) is 21.1 Å². The number of aliphatic hydroxyl groups excluding tert-OH is 1. The molecule has 1 aromatic heterocycles. The number of aromatic nitrogens is 2.